The summed E-state index contributed by atoms with van der Waals surface area (Å²) in [6, 6.07) is 0. The molecule has 14 heteroatoms. The molecular weight excluding hydrogens is 606 g/mol. The number of hydrogen-bond donors (Lipinski definition) is 1. The zero-order valence-corrected chi connectivity index (χ0v) is 29.7. The number of rotatable bonds is 20. The molecule has 0 radical (unpaired) electrons. The second-order valence-corrected chi connectivity index (χ2v) is 22.5. The van der Waals surface area contributed by atoms with Crippen molar-refractivity contribution in [1.29, 1.82) is 0 Å². The maximum Gasteiger partial charge on any atom is 0.307 e. The first-order valence-corrected chi connectivity index (χ1v) is 21.4. The highest BCUT2D eigenvalue weighted by molar-refractivity contribution is 8.68. The summed E-state index contributed by atoms with van der Waals surface area (Å²) in [5.74, 6) is 0.446. The first-order chi connectivity index (χ1) is 17.4. The number of esters is 1. The van der Waals surface area contributed by atoms with Gasteiger partial charge in [0.1, 0.15) is 0 Å². The molecule has 0 fully saturated rings. The van der Waals surface area contributed by atoms with Gasteiger partial charge in [-0.15, -0.1) is 0 Å². The SMILES string of the molecule is CC(C)CCOP(=S)(OCC(C)C)SCC(C)C(=O)O.CCOC(=O)CCSP(=S)(OC(C)C)OC(C)C. The van der Waals surface area contributed by atoms with Crippen molar-refractivity contribution in [3.8, 4) is 0 Å². The molecule has 38 heavy (non-hydrogen) atoms. The van der Waals surface area contributed by atoms with Crippen LogP contribution in [0.15, 0.2) is 0 Å². The Labute approximate surface area is 249 Å². The van der Waals surface area contributed by atoms with Gasteiger partial charge >= 0.3 is 11.9 Å². The monoisotopic (exact) mass is 656 g/mol. The van der Waals surface area contributed by atoms with E-state index in [9.17, 15) is 9.59 Å². The van der Waals surface area contributed by atoms with E-state index in [2.05, 4.69) is 27.7 Å². The lowest BCUT2D eigenvalue weighted by Gasteiger charge is -2.25. The third-order valence-electron chi connectivity index (χ3n) is 3.96. The van der Waals surface area contributed by atoms with Crippen molar-refractivity contribution in [2.24, 2.45) is 17.8 Å². The van der Waals surface area contributed by atoms with E-state index < -0.39 is 23.3 Å². The number of carboxylic acids is 1. The summed E-state index contributed by atoms with van der Waals surface area (Å²) in [6.45, 7) is 21.1. The molecule has 1 N–H and O–H groups in total. The van der Waals surface area contributed by atoms with Gasteiger partial charge in [-0.3, -0.25) is 9.59 Å². The smallest absolute Gasteiger partial charge is 0.307 e. The van der Waals surface area contributed by atoms with Crippen molar-refractivity contribution >= 4 is 69.7 Å². The summed E-state index contributed by atoms with van der Waals surface area (Å²) >= 11 is 13.7. The molecule has 0 rings (SSSR count). The van der Waals surface area contributed by atoms with Gasteiger partial charge in [-0.2, -0.15) is 0 Å². The number of carboxylic acid groups (broad SMARTS) is 1. The van der Waals surface area contributed by atoms with Gasteiger partial charge in [-0.05, 0) is 76.5 Å². The third kappa shape index (κ3) is 24.6. The van der Waals surface area contributed by atoms with E-state index in [1.54, 1.807) is 13.8 Å². The van der Waals surface area contributed by atoms with E-state index in [1.807, 2.05) is 27.7 Å². The molecule has 0 amide bonds. The Morgan fingerprint density at radius 1 is 0.842 bits per heavy atom. The Hall–Kier alpha value is 0.780. The highest BCUT2D eigenvalue weighted by Gasteiger charge is 2.25. The zero-order chi connectivity index (χ0) is 29.9. The van der Waals surface area contributed by atoms with Crippen LogP contribution in [-0.2, 0) is 56.0 Å². The number of hydrogen-bond acceptors (Lipinski definition) is 11. The normalized spacial score (nSPS) is 14.4. The molecule has 0 saturated heterocycles. The lowest BCUT2D eigenvalue weighted by Crippen LogP contribution is -2.12. The minimum absolute atomic E-state index is 0.0182. The van der Waals surface area contributed by atoms with Crippen LogP contribution in [-0.4, -0.2) is 60.6 Å². The topological polar surface area (TPSA) is 101 Å². The molecule has 8 nitrogen and oxygen atoms in total. The maximum absolute atomic E-state index is 11.2. The van der Waals surface area contributed by atoms with Crippen LogP contribution in [0.2, 0.25) is 0 Å². The number of carbonyl (C=O) groups is 2. The van der Waals surface area contributed by atoms with Crippen molar-refractivity contribution in [2.75, 3.05) is 31.3 Å². The van der Waals surface area contributed by atoms with Crippen molar-refractivity contribution in [3.05, 3.63) is 0 Å². The summed E-state index contributed by atoms with van der Waals surface area (Å²) in [6.07, 6.45) is 1.30. The summed E-state index contributed by atoms with van der Waals surface area (Å²) in [5.41, 5.74) is -4.80. The van der Waals surface area contributed by atoms with Crippen molar-refractivity contribution in [1.82, 2.24) is 0 Å². The summed E-state index contributed by atoms with van der Waals surface area (Å²) in [7, 11) is 0. The highest BCUT2D eigenvalue weighted by atomic mass is 32.9. The van der Waals surface area contributed by atoms with Gasteiger partial charge < -0.3 is 27.9 Å². The molecule has 0 bridgehead atoms. The standard InChI is InChI=1S/C13H27O4PS2.C11H23O4PS2/c1-10(2)6-7-16-18(19,17-8-11(3)4)20-9-12(5)13(14)15;1-6-13-11(12)7-8-18-16(17,14-9(2)3)15-10(4)5/h10-12H,6-9H2,1-5H3,(H,14,15);9-10H,6-8H2,1-5H3. The predicted molar refractivity (Wildman–Crippen MR) is 170 cm³/mol. The molecule has 0 aromatic rings. The Bertz CT molecular complexity index is 737. The molecule has 228 valence electrons. The lowest BCUT2D eigenvalue weighted by molar-refractivity contribution is -0.142. The van der Waals surface area contributed by atoms with Gasteiger partial charge in [-0.25, -0.2) is 0 Å². The lowest BCUT2D eigenvalue weighted by atomic mass is 10.2. The first kappa shape index (κ1) is 40.9. The van der Waals surface area contributed by atoms with Gasteiger partial charge in [-0.1, -0.05) is 57.4 Å². The minimum atomic E-state index is -2.44. The molecule has 0 aliphatic carbocycles. The van der Waals surface area contributed by atoms with E-state index in [-0.39, 0.29) is 18.2 Å². The van der Waals surface area contributed by atoms with Crippen molar-refractivity contribution in [2.45, 2.75) is 94.3 Å². The van der Waals surface area contributed by atoms with E-state index in [0.29, 0.717) is 49.6 Å². The molecule has 0 saturated carbocycles. The van der Waals surface area contributed by atoms with Gasteiger partial charge in [0.05, 0.1) is 44.4 Å². The molecule has 2 unspecified atom stereocenters. The molecule has 0 spiro atoms. The quantitative estimate of drug-likeness (QED) is 0.101. The maximum atomic E-state index is 11.2. The van der Waals surface area contributed by atoms with E-state index in [1.165, 1.54) is 22.8 Å². The fraction of sp³-hybridized carbons (Fsp3) is 0.917. The minimum Gasteiger partial charge on any atom is -0.481 e. The van der Waals surface area contributed by atoms with Crippen LogP contribution in [0.3, 0.4) is 0 Å². The molecule has 0 aromatic heterocycles. The van der Waals surface area contributed by atoms with Crippen LogP contribution in [0.1, 0.15) is 82.1 Å². The van der Waals surface area contributed by atoms with Crippen LogP contribution in [0.25, 0.3) is 0 Å². The van der Waals surface area contributed by atoms with Crippen molar-refractivity contribution < 1.29 is 37.5 Å². The van der Waals surface area contributed by atoms with E-state index in [0.717, 1.165) is 6.42 Å². The summed E-state index contributed by atoms with van der Waals surface area (Å²) in [4.78, 5) is 22.1. The number of aliphatic carboxylic acids is 1. The van der Waals surface area contributed by atoms with E-state index in [4.69, 9.17) is 51.6 Å². The largest absolute Gasteiger partial charge is 0.481 e. The van der Waals surface area contributed by atoms with Crippen LogP contribution in [0.4, 0.5) is 0 Å². The Morgan fingerprint density at radius 2 is 1.39 bits per heavy atom. The highest BCUT2D eigenvalue weighted by Crippen LogP contribution is 2.63. The number of ether oxygens (including phenoxy) is 1. The number of carbonyl (C=O) groups excluding carboxylic acids is 1. The summed E-state index contributed by atoms with van der Waals surface area (Å²) < 4.78 is 27.8. The van der Waals surface area contributed by atoms with Gasteiger partial charge in [0.2, 0.25) is 11.4 Å². The van der Waals surface area contributed by atoms with Gasteiger partial charge in [0.15, 0.2) is 0 Å². The first-order valence-electron chi connectivity index (χ1n) is 13.0. The molecule has 0 heterocycles. The second-order valence-electron chi connectivity index (χ2n) is 9.83. The molecule has 2 atom stereocenters. The third-order valence-corrected chi connectivity index (χ3v) is 15.0. The fourth-order valence-electron chi connectivity index (χ4n) is 2.10. The molecule has 0 aromatic carbocycles. The average Bonchev–Trinajstić information content (AvgIpc) is 2.75. The van der Waals surface area contributed by atoms with Crippen LogP contribution < -0.4 is 0 Å². The Balaban J connectivity index is 0. The van der Waals surface area contributed by atoms with E-state index >= 15 is 0 Å². The molecule has 0 aliphatic heterocycles. The Kier molecular flexibility index (Phi) is 24.1. The van der Waals surface area contributed by atoms with Crippen LogP contribution in [0, 0.1) is 17.8 Å². The van der Waals surface area contributed by atoms with Crippen LogP contribution in [0.5, 0.6) is 0 Å². The fourth-order valence-corrected chi connectivity index (χ4v) is 12.4. The average molecular weight is 657 g/mol. The van der Waals surface area contributed by atoms with Gasteiger partial charge in [0.25, 0.3) is 0 Å². The van der Waals surface area contributed by atoms with Crippen LogP contribution >= 0.6 is 34.2 Å². The Morgan fingerprint density at radius 3 is 1.82 bits per heavy atom. The van der Waals surface area contributed by atoms with Gasteiger partial charge in [0, 0.05) is 11.5 Å². The second kappa shape index (κ2) is 22.4. The van der Waals surface area contributed by atoms with Crippen molar-refractivity contribution in [3.63, 3.8) is 0 Å². The molecular formula is C24H50O8P2S4. The predicted octanol–water partition coefficient (Wildman–Crippen LogP) is 8.15. The zero-order valence-electron chi connectivity index (χ0n) is 24.7. The molecule has 0 aliphatic rings. The summed E-state index contributed by atoms with van der Waals surface area (Å²) in [5, 5.41) is 8.93.